The summed E-state index contributed by atoms with van der Waals surface area (Å²) in [5, 5.41) is 7.17. The van der Waals surface area contributed by atoms with E-state index in [2.05, 4.69) is 10.6 Å². The molecule has 2 N–H and O–H groups in total. The quantitative estimate of drug-likeness (QED) is 0.827. The molecule has 0 radical (unpaired) electrons. The second kappa shape index (κ2) is 7.15. The summed E-state index contributed by atoms with van der Waals surface area (Å²) < 4.78 is 10.4. The number of hydrogen-bond acceptors (Lipinski definition) is 3. The van der Waals surface area contributed by atoms with Crippen molar-refractivity contribution in [3.8, 4) is 11.5 Å². The first kappa shape index (κ1) is 15.4. The Kier molecular flexibility index (Phi) is 5.25. The smallest absolute Gasteiger partial charge is 0.175 e. The fraction of sp³-hybridized carbons (Fsp3) is 0.133. The van der Waals surface area contributed by atoms with Gasteiger partial charge in [0.05, 0.1) is 19.9 Å². The molecule has 0 unspecified atom stereocenters. The standard InChI is InChI=1S/C15H15ClN2O2S/c1-19-12-5-3-4-11(9-12)17-15(21)18-13-8-10(16)6-7-14(13)20-2/h3-9H,1-2H3,(H2,17,18,21). The molecule has 4 nitrogen and oxygen atoms in total. The zero-order valence-electron chi connectivity index (χ0n) is 11.6. The van der Waals surface area contributed by atoms with Crippen LogP contribution in [0.5, 0.6) is 11.5 Å². The van der Waals surface area contributed by atoms with E-state index in [4.69, 9.17) is 33.3 Å². The minimum atomic E-state index is 0.434. The average molecular weight is 323 g/mol. The number of anilines is 2. The Hall–Kier alpha value is -1.98. The Morgan fingerprint density at radius 3 is 2.57 bits per heavy atom. The number of ether oxygens (including phenoxy) is 2. The fourth-order valence-electron chi connectivity index (χ4n) is 1.76. The number of methoxy groups -OCH3 is 2. The van der Waals surface area contributed by atoms with Crippen molar-refractivity contribution in [2.24, 2.45) is 0 Å². The Labute approximate surface area is 134 Å². The van der Waals surface area contributed by atoms with Gasteiger partial charge in [0.25, 0.3) is 0 Å². The van der Waals surface area contributed by atoms with Crippen molar-refractivity contribution < 1.29 is 9.47 Å². The second-order valence-corrected chi connectivity index (χ2v) is 5.00. The summed E-state index contributed by atoms with van der Waals surface area (Å²) in [4.78, 5) is 0. The first-order chi connectivity index (χ1) is 10.1. The van der Waals surface area contributed by atoms with E-state index >= 15 is 0 Å². The van der Waals surface area contributed by atoms with Crippen LogP contribution in [-0.2, 0) is 0 Å². The van der Waals surface area contributed by atoms with E-state index in [1.54, 1.807) is 32.4 Å². The number of nitrogens with one attached hydrogen (secondary N) is 2. The van der Waals surface area contributed by atoms with Crippen molar-refractivity contribution in [3.05, 3.63) is 47.5 Å². The van der Waals surface area contributed by atoms with E-state index in [1.807, 2.05) is 24.3 Å². The van der Waals surface area contributed by atoms with Gasteiger partial charge in [0, 0.05) is 16.8 Å². The first-order valence-corrected chi connectivity index (χ1v) is 6.96. The van der Waals surface area contributed by atoms with Crippen molar-refractivity contribution >= 4 is 40.3 Å². The number of rotatable bonds is 4. The van der Waals surface area contributed by atoms with E-state index in [-0.39, 0.29) is 0 Å². The van der Waals surface area contributed by atoms with Crippen molar-refractivity contribution in [3.63, 3.8) is 0 Å². The molecular formula is C15H15ClN2O2S. The molecule has 0 spiro atoms. The molecule has 0 saturated heterocycles. The monoisotopic (exact) mass is 322 g/mol. The predicted octanol–water partition coefficient (Wildman–Crippen LogP) is 4.17. The van der Waals surface area contributed by atoms with Gasteiger partial charge < -0.3 is 20.1 Å². The fourth-order valence-corrected chi connectivity index (χ4v) is 2.16. The number of benzene rings is 2. The molecule has 0 aliphatic carbocycles. The largest absolute Gasteiger partial charge is 0.497 e. The van der Waals surface area contributed by atoms with Gasteiger partial charge in [-0.05, 0) is 42.5 Å². The van der Waals surface area contributed by atoms with Crippen molar-refractivity contribution in [2.45, 2.75) is 0 Å². The zero-order chi connectivity index (χ0) is 15.2. The molecule has 0 aromatic heterocycles. The molecule has 110 valence electrons. The van der Waals surface area contributed by atoms with Crippen LogP contribution in [0.2, 0.25) is 5.02 Å². The maximum Gasteiger partial charge on any atom is 0.175 e. The summed E-state index contributed by atoms with van der Waals surface area (Å²) in [5.41, 5.74) is 1.53. The number of halogens is 1. The van der Waals surface area contributed by atoms with Crippen LogP contribution in [0.1, 0.15) is 0 Å². The van der Waals surface area contributed by atoms with Gasteiger partial charge in [0.15, 0.2) is 5.11 Å². The average Bonchev–Trinajstić information content (AvgIpc) is 2.47. The third-order valence-electron chi connectivity index (χ3n) is 2.74. The lowest BCUT2D eigenvalue weighted by atomic mass is 10.3. The van der Waals surface area contributed by atoms with E-state index < -0.39 is 0 Å². The van der Waals surface area contributed by atoms with Crippen LogP contribution in [0.3, 0.4) is 0 Å². The lowest BCUT2D eigenvalue weighted by Gasteiger charge is -2.14. The van der Waals surface area contributed by atoms with Gasteiger partial charge in [-0.3, -0.25) is 0 Å². The summed E-state index contributed by atoms with van der Waals surface area (Å²) in [5.74, 6) is 1.41. The van der Waals surface area contributed by atoms with Gasteiger partial charge in [-0.25, -0.2) is 0 Å². The van der Waals surface area contributed by atoms with E-state index in [9.17, 15) is 0 Å². The number of thiocarbonyl (C=S) groups is 1. The third-order valence-corrected chi connectivity index (χ3v) is 3.18. The first-order valence-electron chi connectivity index (χ1n) is 6.18. The lowest BCUT2D eigenvalue weighted by molar-refractivity contribution is 0.415. The molecular weight excluding hydrogens is 308 g/mol. The highest BCUT2D eigenvalue weighted by atomic mass is 35.5. The molecule has 0 atom stereocenters. The summed E-state index contributed by atoms with van der Waals surface area (Å²) in [7, 11) is 3.21. The molecule has 0 amide bonds. The lowest BCUT2D eigenvalue weighted by Crippen LogP contribution is -2.19. The van der Waals surface area contributed by atoms with Crippen LogP contribution in [-0.4, -0.2) is 19.3 Å². The highest BCUT2D eigenvalue weighted by Crippen LogP contribution is 2.28. The molecule has 0 aliphatic heterocycles. The molecule has 0 fully saturated rings. The molecule has 2 aromatic rings. The summed E-state index contributed by atoms with van der Waals surface area (Å²) >= 11 is 11.3. The van der Waals surface area contributed by atoms with Gasteiger partial charge in [-0.2, -0.15) is 0 Å². The van der Waals surface area contributed by atoms with E-state index in [0.29, 0.717) is 21.6 Å². The summed E-state index contributed by atoms with van der Waals surface area (Å²) in [6.07, 6.45) is 0. The topological polar surface area (TPSA) is 42.5 Å². The van der Waals surface area contributed by atoms with Crippen LogP contribution in [0, 0.1) is 0 Å². The Balaban J connectivity index is 2.09. The highest BCUT2D eigenvalue weighted by Gasteiger charge is 2.06. The van der Waals surface area contributed by atoms with Crippen LogP contribution in [0.15, 0.2) is 42.5 Å². The normalized spacial score (nSPS) is 9.86. The molecule has 6 heteroatoms. The molecule has 0 heterocycles. The van der Waals surface area contributed by atoms with E-state index in [1.165, 1.54) is 0 Å². The SMILES string of the molecule is COc1cccc(NC(=S)Nc2cc(Cl)ccc2OC)c1. The Morgan fingerprint density at radius 1 is 1.05 bits per heavy atom. The molecule has 0 bridgehead atoms. The molecule has 0 saturated carbocycles. The van der Waals surface area contributed by atoms with E-state index in [0.717, 1.165) is 11.4 Å². The van der Waals surface area contributed by atoms with Crippen molar-refractivity contribution in [1.82, 2.24) is 0 Å². The van der Waals surface area contributed by atoms with Crippen LogP contribution >= 0.6 is 23.8 Å². The maximum atomic E-state index is 5.98. The zero-order valence-corrected chi connectivity index (χ0v) is 13.2. The van der Waals surface area contributed by atoms with Gasteiger partial charge in [-0.1, -0.05) is 17.7 Å². The number of hydrogen-bond donors (Lipinski definition) is 2. The maximum absolute atomic E-state index is 5.98. The van der Waals surface area contributed by atoms with Gasteiger partial charge >= 0.3 is 0 Å². The van der Waals surface area contributed by atoms with Crippen LogP contribution < -0.4 is 20.1 Å². The minimum absolute atomic E-state index is 0.434. The molecule has 0 aliphatic rings. The summed E-state index contributed by atoms with van der Waals surface area (Å²) in [6.45, 7) is 0. The van der Waals surface area contributed by atoms with Crippen molar-refractivity contribution in [2.75, 3.05) is 24.9 Å². The van der Waals surface area contributed by atoms with Crippen molar-refractivity contribution in [1.29, 1.82) is 0 Å². The summed E-state index contributed by atoms with van der Waals surface area (Å²) in [6, 6.07) is 12.8. The third kappa shape index (κ3) is 4.24. The Morgan fingerprint density at radius 2 is 1.86 bits per heavy atom. The molecule has 2 rings (SSSR count). The molecule has 2 aromatic carbocycles. The molecule has 21 heavy (non-hydrogen) atoms. The van der Waals surface area contributed by atoms with Gasteiger partial charge in [0.1, 0.15) is 11.5 Å². The van der Waals surface area contributed by atoms with Gasteiger partial charge in [-0.15, -0.1) is 0 Å². The predicted molar refractivity (Wildman–Crippen MR) is 90.8 cm³/mol. The highest BCUT2D eigenvalue weighted by molar-refractivity contribution is 7.80. The Bertz CT molecular complexity index is 649. The van der Waals surface area contributed by atoms with Gasteiger partial charge in [0.2, 0.25) is 0 Å². The second-order valence-electron chi connectivity index (χ2n) is 4.16. The minimum Gasteiger partial charge on any atom is -0.497 e. The van der Waals surface area contributed by atoms with Crippen LogP contribution in [0.4, 0.5) is 11.4 Å². The van der Waals surface area contributed by atoms with Crippen LogP contribution in [0.25, 0.3) is 0 Å².